The lowest BCUT2D eigenvalue weighted by Gasteiger charge is -2.27. The van der Waals surface area contributed by atoms with E-state index in [4.69, 9.17) is 0 Å². The number of likely N-dealkylation sites (tertiary alicyclic amines) is 1. The molecule has 0 spiro atoms. The first-order valence-corrected chi connectivity index (χ1v) is 8.69. The van der Waals surface area contributed by atoms with Crippen molar-refractivity contribution in [2.75, 3.05) is 26.2 Å². The van der Waals surface area contributed by atoms with Crippen LogP contribution >= 0.6 is 11.3 Å². The second kappa shape index (κ2) is 6.07. The fourth-order valence-electron chi connectivity index (χ4n) is 3.36. The zero-order chi connectivity index (χ0) is 15.0. The normalized spacial score (nSPS) is 27.2. The van der Waals surface area contributed by atoms with E-state index in [0.717, 1.165) is 13.1 Å². The summed E-state index contributed by atoms with van der Waals surface area (Å²) in [6, 6.07) is 4.90. The third-order valence-corrected chi connectivity index (χ3v) is 5.66. The van der Waals surface area contributed by atoms with Crippen molar-refractivity contribution in [3.8, 4) is 0 Å². The van der Waals surface area contributed by atoms with Crippen LogP contribution in [0.25, 0.3) is 0 Å². The quantitative estimate of drug-likeness (QED) is 0.926. The monoisotopic (exact) mass is 307 g/mol. The average Bonchev–Trinajstić information content (AvgIpc) is 3.13. The molecule has 2 atom stereocenters. The van der Waals surface area contributed by atoms with Crippen molar-refractivity contribution in [2.45, 2.75) is 39.4 Å². The SMILES string of the molecule is Cc1ccc(C2NCC(=O)N2CC2CCN(C(C)C)C2)s1. The molecule has 116 valence electrons. The molecule has 0 bridgehead atoms. The van der Waals surface area contributed by atoms with E-state index in [1.807, 2.05) is 0 Å². The number of carbonyl (C=O) groups excluding carboxylic acids is 1. The molecule has 0 aromatic carbocycles. The molecule has 2 unspecified atom stereocenters. The highest BCUT2D eigenvalue weighted by atomic mass is 32.1. The van der Waals surface area contributed by atoms with Gasteiger partial charge in [0.25, 0.3) is 0 Å². The van der Waals surface area contributed by atoms with Gasteiger partial charge in [0.05, 0.1) is 6.54 Å². The fourth-order valence-corrected chi connectivity index (χ4v) is 4.33. The third-order valence-electron chi connectivity index (χ3n) is 4.61. The van der Waals surface area contributed by atoms with E-state index in [0.29, 0.717) is 18.5 Å². The molecule has 5 heteroatoms. The second-order valence-corrected chi connectivity index (χ2v) is 7.84. The summed E-state index contributed by atoms with van der Waals surface area (Å²) in [6.07, 6.45) is 1.29. The van der Waals surface area contributed by atoms with Crippen molar-refractivity contribution < 1.29 is 4.79 Å². The molecule has 0 radical (unpaired) electrons. The van der Waals surface area contributed by atoms with E-state index in [2.05, 4.69) is 48.0 Å². The number of aryl methyl sites for hydroxylation is 1. The second-order valence-electron chi connectivity index (χ2n) is 6.52. The van der Waals surface area contributed by atoms with Crippen molar-refractivity contribution >= 4 is 17.2 Å². The molecule has 2 fully saturated rings. The number of hydrogen-bond donors (Lipinski definition) is 1. The lowest BCUT2D eigenvalue weighted by Crippen LogP contribution is -2.36. The summed E-state index contributed by atoms with van der Waals surface area (Å²) in [7, 11) is 0. The van der Waals surface area contributed by atoms with Crippen molar-refractivity contribution in [1.29, 1.82) is 0 Å². The molecule has 21 heavy (non-hydrogen) atoms. The van der Waals surface area contributed by atoms with E-state index in [1.54, 1.807) is 11.3 Å². The lowest BCUT2D eigenvalue weighted by molar-refractivity contribution is -0.128. The highest BCUT2D eigenvalue weighted by Gasteiger charge is 2.35. The van der Waals surface area contributed by atoms with Crippen LogP contribution in [0, 0.1) is 12.8 Å². The fraction of sp³-hybridized carbons (Fsp3) is 0.688. The van der Waals surface area contributed by atoms with Gasteiger partial charge in [-0.25, -0.2) is 0 Å². The minimum atomic E-state index is 0.0873. The number of thiophene rings is 1. The number of hydrogen-bond acceptors (Lipinski definition) is 4. The highest BCUT2D eigenvalue weighted by Crippen LogP contribution is 2.30. The summed E-state index contributed by atoms with van der Waals surface area (Å²) in [5.74, 6) is 0.855. The first-order chi connectivity index (χ1) is 10.0. The van der Waals surface area contributed by atoms with Crippen LogP contribution in [-0.2, 0) is 4.79 Å². The third kappa shape index (κ3) is 3.15. The van der Waals surface area contributed by atoms with Gasteiger partial charge in [0.15, 0.2) is 0 Å². The van der Waals surface area contributed by atoms with Crippen LogP contribution < -0.4 is 5.32 Å². The molecule has 4 nitrogen and oxygen atoms in total. The summed E-state index contributed by atoms with van der Waals surface area (Å²) < 4.78 is 0. The molecular formula is C16H25N3OS. The maximum Gasteiger partial charge on any atom is 0.238 e. The smallest absolute Gasteiger partial charge is 0.238 e. The van der Waals surface area contributed by atoms with Crippen LogP contribution in [0.1, 0.15) is 36.2 Å². The zero-order valence-electron chi connectivity index (χ0n) is 13.1. The summed E-state index contributed by atoms with van der Waals surface area (Å²) in [4.78, 5) is 19.4. The van der Waals surface area contributed by atoms with Gasteiger partial charge in [-0.05, 0) is 51.8 Å². The van der Waals surface area contributed by atoms with E-state index in [1.165, 1.54) is 22.7 Å². The van der Waals surface area contributed by atoms with Gasteiger partial charge in [0.1, 0.15) is 6.17 Å². The Balaban J connectivity index is 1.67. The zero-order valence-corrected chi connectivity index (χ0v) is 13.9. The molecule has 0 aliphatic carbocycles. The summed E-state index contributed by atoms with van der Waals surface area (Å²) in [6.45, 7) is 10.3. The number of amides is 1. The molecule has 1 amide bonds. The first kappa shape index (κ1) is 15.0. The maximum atomic E-state index is 12.2. The summed E-state index contributed by atoms with van der Waals surface area (Å²) in [5, 5.41) is 3.37. The van der Waals surface area contributed by atoms with Crippen molar-refractivity contribution in [2.24, 2.45) is 5.92 Å². The Morgan fingerprint density at radius 2 is 2.24 bits per heavy atom. The molecule has 2 aliphatic rings. The van der Waals surface area contributed by atoms with Gasteiger partial charge < -0.3 is 9.80 Å². The van der Waals surface area contributed by atoms with Gasteiger partial charge in [0.2, 0.25) is 5.91 Å². The molecule has 2 saturated heterocycles. The number of carbonyl (C=O) groups is 1. The van der Waals surface area contributed by atoms with Crippen LogP contribution in [0.2, 0.25) is 0 Å². The number of nitrogens with one attached hydrogen (secondary N) is 1. The van der Waals surface area contributed by atoms with Gasteiger partial charge in [0, 0.05) is 28.9 Å². The van der Waals surface area contributed by atoms with E-state index < -0.39 is 0 Å². The van der Waals surface area contributed by atoms with E-state index in [9.17, 15) is 4.79 Å². The van der Waals surface area contributed by atoms with E-state index >= 15 is 0 Å². The highest BCUT2D eigenvalue weighted by molar-refractivity contribution is 7.12. The van der Waals surface area contributed by atoms with Gasteiger partial charge in [-0.3, -0.25) is 10.1 Å². The Labute approximate surface area is 131 Å². The van der Waals surface area contributed by atoms with Gasteiger partial charge in [-0.1, -0.05) is 0 Å². The van der Waals surface area contributed by atoms with Crippen LogP contribution in [0.3, 0.4) is 0 Å². The maximum absolute atomic E-state index is 12.2. The Morgan fingerprint density at radius 1 is 1.43 bits per heavy atom. The lowest BCUT2D eigenvalue weighted by atomic mass is 10.1. The van der Waals surface area contributed by atoms with Crippen molar-refractivity contribution in [3.63, 3.8) is 0 Å². The van der Waals surface area contributed by atoms with Crippen molar-refractivity contribution in [3.05, 3.63) is 21.9 Å². The van der Waals surface area contributed by atoms with Crippen LogP contribution in [0.15, 0.2) is 12.1 Å². The summed E-state index contributed by atoms with van der Waals surface area (Å²) in [5.41, 5.74) is 0. The summed E-state index contributed by atoms with van der Waals surface area (Å²) >= 11 is 1.79. The van der Waals surface area contributed by atoms with Gasteiger partial charge >= 0.3 is 0 Å². The van der Waals surface area contributed by atoms with E-state index in [-0.39, 0.29) is 12.1 Å². The molecule has 1 N–H and O–H groups in total. The van der Waals surface area contributed by atoms with Crippen LogP contribution in [-0.4, -0.2) is 47.9 Å². The number of nitrogens with zero attached hydrogens (tertiary/aromatic N) is 2. The molecule has 2 aliphatic heterocycles. The molecule has 3 heterocycles. The predicted molar refractivity (Wildman–Crippen MR) is 86.3 cm³/mol. The largest absolute Gasteiger partial charge is 0.321 e. The molecule has 1 aromatic heterocycles. The molecular weight excluding hydrogens is 282 g/mol. The Hall–Kier alpha value is -0.910. The van der Waals surface area contributed by atoms with Gasteiger partial charge in [-0.2, -0.15) is 0 Å². The Kier molecular flexibility index (Phi) is 4.33. The molecule has 1 aromatic rings. The first-order valence-electron chi connectivity index (χ1n) is 7.88. The van der Waals surface area contributed by atoms with Crippen molar-refractivity contribution in [1.82, 2.24) is 15.1 Å². The molecule has 3 rings (SSSR count). The standard InChI is InChI=1S/C16H25N3OS/c1-11(2)18-7-6-13(9-18)10-19-15(20)8-17-16(19)14-5-4-12(3)21-14/h4-5,11,13,16-17H,6-10H2,1-3H3. The minimum Gasteiger partial charge on any atom is -0.321 e. The topological polar surface area (TPSA) is 35.6 Å². The van der Waals surface area contributed by atoms with Gasteiger partial charge in [-0.15, -0.1) is 11.3 Å². The Morgan fingerprint density at radius 3 is 2.86 bits per heavy atom. The van der Waals surface area contributed by atoms with Crippen LogP contribution in [0.5, 0.6) is 0 Å². The average molecular weight is 307 g/mol. The number of rotatable bonds is 4. The van der Waals surface area contributed by atoms with Crippen LogP contribution in [0.4, 0.5) is 0 Å². The predicted octanol–water partition coefficient (Wildman–Crippen LogP) is 2.22. The minimum absolute atomic E-state index is 0.0873. The molecule has 0 saturated carbocycles. The Bertz CT molecular complexity index is 513.